The molecule has 0 fully saturated rings. The molecule has 0 radical (unpaired) electrons. The van der Waals surface area contributed by atoms with Crippen molar-refractivity contribution >= 4 is 59.4 Å². The minimum absolute atomic E-state index is 0.268. The number of allylic oxidation sites excluding steroid dienone is 11. The monoisotopic (exact) mass is 600 g/mol. The van der Waals surface area contributed by atoms with Gasteiger partial charge in [-0.05, 0) is 99.8 Å². The lowest BCUT2D eigenvalue weighted by atomic mass is 9.97. The van der Waals surface area contributed by atoms with Crippen LogP contribution >= 0.6 is 34.2 Å². The predicted molar refractivity (Wildman–Crippen MR) is 139 cm³/mol. The van der Waals surface area contributed by atoms with Gasteiger partial charge in [0.2, 0.25) is 0 Å². The third-order valence-corrected chi connectivity index (χ3v) is 11.1. The van der Waals surface area contributed by atoms with E-state index in [9.17, 15) is 16.8 Å². The van der Waals surface area contributed by atoms with E-state index in [1.807, 2.05) is 12.2 Å². The van der Waals surface area contributed by atoms with Crippen LogP contribution in [-0.4, -0.2) is 22.1 Å². The molecule has 1 aromatic rings. The Kier molecular flexibility index (Phi) is 7.00. The minimum atomic E-state index is -3.49. The first kappa shape index (κ1) is 23.7. The first-order chi connectivity index (χ1) is 15.2. The molecule has 0 aromatic heterocycles. The van der Waals surface area contributed by atoms with Crippen molar-refractivity contribution in [3.63, 3.8) is 0 Å². The molecule has 32 heavy (non-hydrogen) atoms. The fourth-order valence-corrected chi connectivity index (χ4v) is 7.59. The third-order valence-electron chi connectivity index (χ3n) is 5.83. The molecule has 0 N–H and O–H groups in total. The van der Waals surface area contributed by atoms with E-state index in [2.05, 4.69) is 22.6 Å². The van der Waals surface area contributed by atoms with Gasteiger partial charge in [0, 0.05) is 14.8 Å². The van der Waals surface area contributed by atoms with Gasteiger partial charge in [0.25, 0.3) is 0 Å². The van der Waals surface area contributed by atoms with Crippen molar-refractivity contribution in [3.8, 4) is 0 Å². The van der Waals surface area contributed by atoms with E-state index >= 15 is 0 Å². The van der Waals surface area contributed by atoms with Gasteiger partial charge in [-0.3, -0.25) is 0 Å². The van der Waals surface area contributed by atoms with Crippen LogP contribution in [0.5, 0.6) is 0 Å². The van der Waals surface area contributed by atoms with Crippen LogP contribution < -0.4 is 0 Å². The van der Waals surface area contributed by atoms with Gasteiger partial charge in [-0.15, -0.1) is 0 Å². The van der Waals surface area contributed by atoms with Gasteiger partial charge in [0.15, 0.2) is 19.7 Å². The Bertz CT molecular complexity index is 1330. The minimum Gasteiger partial charge on any atom is -0.223 e. The summed E-state index contributed by atoms with van der Waals surface area (Å²) in [5.41, 5.74) is 1.89. The highest BCUT2D eigenvalue weighted by Crippen LogP contribution is 2.35. The molecule has 0 heterocycles. The smallest absolute Gasteiger partial charge is 0.198 e. The van der Waals surface area contributed by atoms with Crippen molar-refractivity contribution in [2.24, 2.45) is 0 Å². The van der Waals surface area contributed by atoms with Crippen molar-refractivity contribution in [1.82, 2.24) is 0 Å². The molecule has 0 aliphatic heterocycles. The molecule has 0 spiro atoms. The summed E-state index contributed by atoms with van der Waals surface area (Å²) >= 11 is 8.13. The standard InChI is InChI=1S/C24H22ClIO4S2/c25-19-5-13-23(14-6-19)31(27,28)21-9-1-17(2-10-21)18-3-11-22(12-4-18)32(29,30)24-15-7-20(26)8-16-24/h1-3,5-7,9-11,13,15,23H,4,8,12,14,16H2. The fourth-order valence-electron chi connectivity index (χ4n) is 3.91. The van der Waals surface area contributed by atoms with Gasteiger partial charge in [-0.25, -0.2) is 16.8 Å². The maximum atomic E-state index is 12.9. The quantitative estimate of drug-likeness (QED) is 0.368. The normalized spacial score (nSPS) is 21.8. The van der Waals surface area contributed by atoms with Gasteiger partial charge >= 0.3 is 0 Å². The Labute approximate surface area is 208 Å². The van der Waals surface area contributed by atoms with Crippen LogP contribution in [0.2, 0.25) is 0 Å². The second kappa shape index (κ2) is 9.44. The molecule has 3 aliphatic carbocycles. The topological polar surface area (TPSA) is 68.3 Å². The van der Waals surface area contributed by atoms with Crippen LogP contribution in [0.15, 0.2) is 90.1 Å². The molecule has 0 saturated heterocycles. The zero-order chi connectivity index (χ0) is 22.9. The molecule has 0 bridgehead atoms. The summed E-state index contributed by atoms with van der Waals surface area (Å²) in [6.07, 6.45) is 14.7. The molecule has 168 valence electrons. The number of hydrogen-bond acceptors (Lipinski definition) is 4. The summed E-state index contributed by atoms with van der Waals surface area (Å²) in [7, 11) is -6.92. The Balaban J connectivity index is 1.53. The molecule has 4 nitrogen and oxygen atoms in total. The summed E-state index contributed by atoms with van der Waals surface area (Å²) in [5, 5.41) is -0.0656. The highest BCUT2D eigenvalue weighted by molar-refractivity contribution is 14.1. The van der Waals surface area contributed by atoms with E-state index in [-0.39, 0.29) is 4.90 Å². The second-order valence-electron chi connectivity index (χ2n) is 7.87. The molecule has 0 amide bonds. The molecule has 1 atom stereocenters. The van der Waals surface area contributed by atoms with Gasteiger partial charge in [-0.1, -0.05) is 48.0 Å². The van der Waals surface area contributed by atoms with Gasteiger partial charge < -0.3 is 0 Å². The summed E-state index contributed by atoms with van der Waals surface area (Å²) in [4.78, 5) is 1.18. The van der Waals surface area contributed by atoms with E-state index in [0.717, 1.165) is 21.1 Å². The number of rotatable bonds is 5. The maximum Gasteiger partial charge on any atom is 0.198 e. The van der Waals surface area contributed by atoms with Crippen molar-refractivity contribution in [2.45, 2.75) is 42.2 Å². The molecular weight excluding hydrogens is 579 g/mol. The molecule has 3 aliphatic rings. The van der Waals surface area contributed by atoms with Crippen molar-refractivity contribution < 1.29 is 16.8 Å². The highest BCUT2D eigenvalue weighted by atomic mass is 127. The Morgan fingerprint density at radius 2 is 1.50 bits per heavy atom. The van der Waals surface area contributed by atoms with E-state index < -0.39 is 24.9 Å². The summed E-state index contributed by atoms with van der Waals surface area (Å²) in [6.45, 7) is 0. The van der Waals surface area contributed by atoms with Gasteiger partial charge in [0.05, 0.1) is 10.1 Å². The van der Waals surface area contributed by atoms with Crippen LogP contribution in [0.1, 0.15) is 37.7 Å². The van der Waals surface area contributed by atoms with Crippen LogP contribution in [0.4, 0.5) is 0 Å². The maximum absolute atomic E-state index is 12.9. The second-order valence-corrected chi connectivity index (χ2v) is 13.9. The SMILES string of the molecule is O=S(=O)(C1=CC=C(I)CC1)C1=CC=C(c2ccc(S(=O)(=O)C3C=CC(Cl)=CC3)cc2)CC1. The number of benzene rings is 1. The van der Waals surface area contributed by atoms with Crippen LogP contribution in [-0.2, 0) is 19.7 Å². The summed E-state index contributed by atoms with van der Waals surface area (Å²) < 4.78 is 52.8. The van der Waals surface area contributed by atoms with E-state index in [1.165, 1.54) is 0 Å². The first-order valence-corrected chi connectivity index (χ1v) is 14.7. The van der Waals surface area contributed by atoms with E-state index in [4.69, 9.17) is 11.6 Å². The van der Waals surface area contributed by atoms with Gasteiger partial charge in [0.1, 0.15) is 0 Å². The Morgan fingerprint density at radius 1 is 0.844 bits per heavy atom. The Morgan fingerprint density at radius 3 is 2.03 bits per heavy atom. The summed E-state index contributed by atoms with van der Waals surface area (Å²) in [5.74, 6) is 0. The third kappa shape index (κ3) is 4.90. The summed E-state index contributed by atoms with van der Waals surface area (Å²) in [6, 6.07) is 6.82. The van der Waals surface area contributed by atoms with Crippen LogP contribution in [0.3, 0.4) is 0 Å². The highest BCUT2D eigenvalue weighted by Gasteiger charge is 2.27. The average Bonchev–Trinajstić information content (AvgIpc) is 2.80. The first-order valence-electron chi connectivity index (χ1n) is 10.3. The lowest BCUT2D eigenvalue weighted by Crippen LogP contribution is -2.20. The molecule has 1 aromatic carbocycles. The lowest BCUT2D eigenvalue weighted by Gasteiger charge is -2.19. The van der Waals surface area contributed by atoms with Crippen LogP contribution in [0, 0.1) is 0 Å². The van der Waals surface area contributed by atoms with E-state index in [0.29, 0.717) is 40.5 Å². The largest absolute Gasteiger partial charge is 0.223 e. The van der Waals surface area contributed by atoms with Crippen molar-refractivity contribution in [3.05, 3.63) is 90.8 Å². The molecule has 4 rings (SSSR count). The van der Waals surface area contributed by atoms with Crippen molar-refractivity contribution in [1.29, 1.82) is 0 Å². The molecule has 0 saturated carbocycles. The van der Waals surface area contributed by atoms with E-state index in [1.54, 1.807) is 54.6 Å². The molecule has 1 unspecified atom stereocenters. The molecule has 8 heteroatoms. The van der Waals surface area contributed by atoms with Gasteiger partial charge in [-0.2, -0.15) is 0 Å². The lowest BCUT2D eigenvalue weighted by molar-refractivity contribution is 0.588. The Hall–Kier alpha value is -1.42. The number of sulfone groups is 2. The van der Waals surface area contributed by atoms with Crippen molar-refractivity contribution in [2.75, 3.05) is 0 Å². The zero-order valence-corrected chi connectivity index (χ0v) is 21.7. The zero-order valence-electron chi connectivity index (χ0n) is 17.2. The molecular formula is C24H22ClIO4S2. The predicted octanol–water partition coefficient (Wildman–Crippen LogP) is 6.38. The van der Waals surface area contributed by atoms with Crippen LogP contribution in [0.25, 0.3) is 5.57 Å². The fraction of sp³-hybridized carbons (Fsp3) is 0.250. The number of hydrogen-bond donors (Lipinski definition) is 0. The average molecular weight is 601 g/mol. The number of halogens is 2.